The third-order valence-corrected chi connectivity index (χ3v) is 6.94. The number of rotatable bonds is 13. The number of halogens is 1. The standard InChI is InChI=1S/C14H22ClN3O2.C12H17NO2.C5H9NO/c1-4-18(5-2)7-6-17-14(19)10-8-11(15)12(16)9-13(10)20-3;1-2-3-4-5-9-15-12(14)11-7-6-8-13-10-11;1-6-4-2-3-5(6)7/h8-9H,4-7,16H2,1-3H3,(H,17,19);6-8,10H,2-5,9H2,1H3;2-4H2,1H3. The lowest BCUT2D eigenvalue weighted by Gasteiger charge is -2.18. The van der Waals surface area contributed by atoms with Crippen LogP contribution in [0, 0.1) is 0 Å². The Hall–Kier alpha value is -3.37. The number of carbonyl (C=O) groups is 3. The molecule has 2 amide bonds. The van der Waals surface area contributed by atoms with Crippen LogP contribution in [-0.2, 0) is 9.53 Å². The maximum atomic E-state index is 12.1. The first-order chi connectivity index (χ1) is 20.2. The van der Waals surface area contributed by atoms with Crippen molar-refractivity contribution in [2.24, 2.45) is 0 Å². The van der Waals surface area contributed by atoms with Gasteiger partial charge >= 0.3 is 5.97 Å². The number of nitrogens with one attached hydrogen (secondary N) is 1. The number of hydrogen-bond acceptors (Lipinski definition) is 8. The van der Waals surface area contributed by atoms with E-state index in [0.29, 0.717) is 46.6 Å². The van der Waals surface area contributed by atoms with E-state index in [4.69, 9.17) is 26.8 Å². The highest BCUT2D eigenvalue weighted by Crippen LogP contribution is 2.28. The second kappa shape index (κ2) is 21.4. The Morgan fingerprint density at radius 1 is 1.17 bits per heavy atom. The molecule has 10 nitrogen and oxygen atoms in total. The van der Waals surface area contributed by atoms with E-state index in [0.717, 1.165) is 51.9 Å². The quantitative estimate of drug-likeness (QED) is 0.184. The van der Waals surface area contributed by atoms with Crippen LogP contribution < -0.4 is 15.8 Å². The molecule has 3 N–H and O–H groups in total. The first kappa shape index (κ1) is 36.7. The van der Waals surface area contributed by atoms with Crippen molar-refractivity contribution in [1.29, 1.82) is 0 Å². The lowest BCUT2D eigenvalue weighted by Crippen LogP contribution is -2.34. The van der Waals surface area contributed by atoms with Crippen LogP contribution in [0.5, 0.6) is 5.75 Å². The van der Waals surface area contributed by atoms with E-state index in [2.05, 4.69) is 36.0 Å². The van der Waals surface area contributed by atoms with Gasteiger partial charge in [-0.2, -0.15) is 0 Å². The molecular weight excluding hydrogens is 558 g/mol. The fourth-order valence-corrected chi connectivity index (χ4v) is 4.09. The number of likely N-dealkylation sites (tertiary alicyclic amines) is 1. The average Bonchev–Trinajstić information content (AvgIpc) is 3.38. The molecule has 0 spiro atoms. The third-order valence-electron chi connectivity index (χ3n) is 6.61. The Balaban J connectivity index is 0.000000350. The van der Waals surface area contributed by atoms with Crippen molar-refractivity contribution < 1.29 is 23.9 Å². The van der Waals surface area contributed by atoms with Gasteiger partial charge in [0.25, 0.3) is 5.91 Å². The van der Waals surface area contributed by atoms with Crippen LogP contribution in [0.2, 0.25) is 5.02 Å². The van der Waals surface area contributed by atoms with Crippen LogP contribution >= 0.6 is 11.6 Å². The number of nitrogens with two attached hydrogens (primary N) is 1. The zero-order valence-electron chi connectivity index (χ0n) is 25.8. The molecule has 0 bridgehead atoms. The summed E-state index contributed by atoms with van der Waals surface area (Å²) in [6, 6.07) is 6.53. The SMILES string of the molecule is CCCCCCOC(=O)c1cccnc1.CCN(CC)CCNC(=O)c1cc(Cl)c(N)cc1OC.CN1CCCC1=O. The van der Waals surface area contributed by atoms with Crippen LogP contribution in [0.3, 0.4) is 0 Å². The average molecular weight is 606 g/mol. The van der Waals surface area contributed by atoms with E-state index in [1.165, 1.54) is 32.2 Å². The molecule has 3 rings (SSSR count). The maximum Gasteiger partial charge on any atom is 0.339 e. The second-order valence-corrected chi connectivity index (χ2v) is 10.1. The number of ether oxygens (including phenoxy) is 2. The molecule has 2 heterocycles. The van der Waals surface area contributed by atoms with Crippen molar-refractivity contribution in [2.45, 2.75) is 59.3 Å². The van der Waals surface area contributed by atoms with Gasteiger partial charge in [-0.05, 0) is 44.1 Å². The summed E-state index contributed by atoms with van der Waals surface area (Å²) in [6.07, 6.45) is 9.43. The van der Waals surface area contributed by atoms with Gasteiger partial charge in [-0.15, -0.1) is 0 Å². The topological polar surface area (TPSA) is 127 Å². The zero-order valence-corrected chi connectivity index (χ0v) is 26.5. The molecule has 0 unspecified atom stereocenters. The molecule has 1 aliphatic heterocycles. The largest absolute Gasteiger partial charge is 0.496 e. The first-order valence-electron chi connectivity index (χ1n) is 14.6. The lowest BCUT2D eigenvalue weighted by molar-refractivity contribution is -0.126. The summed E-state index contributed by atoms with van der Waals surface area (Å²) in [4.78, 5) is 41.9. The van der Waals surface area contributed by atoms with Gasteiger partial charge in [-0.1, -0.05) is 51.6 Å². The number of pyridine rings is 1. The zero-order chi connectivity index (χ0) is 31.3. The number of nitrogens with zero attached hydrogens (tertiary/aromatic N) is 3. The van der Waals surface area contributed by atoms with E-state index in [1.54, 1.807) is 29.3 Å². The molecule has 0 atom stereocenters. The van der Waals surface area contributed by atoms with Crippen LogP contribution in [-0.4, -0.2) is 86.1 Å². The highest BCUT2D eigenvalue weighted by atomic mass is 35.5. The summed E-state index contributed by atoms with van der Waals surface area (Å²) in [7, 11) is 3.34. The number of hydrogen-bond donors (Lipinski definition) is 2. The van der Waals surface area contributed by atoms with E-state index in [1.807, 2.05) is 7.05 Å². The fraction of sp³-hybridized carbons (Fsp3) is 0.548. The summed E-state index contributed by atoms with van der Waals surface area (Å²) < 4.78 is 10.3. The molecule has 1 aromatic carbocycles. The molecule has 0 radical (unpaired) electrons. The first-order valence-corrected chi connectivity index (χ1v) is 15.0. The van der Waals surface area contributed by atoms with Gasteiger partial charge in [0, 0.05) is 51.6 Å². The molecule has 1 saturated heterocycles. The number of anilines is 1. The molecule has 0 saturated carbocycles. The predicted molar refractivity (Wildman–Crippen MR) is 168 cm³/mol. The molecule has 11 heteroatoms. The summed E-state index contributed by atoms with van der Waals surface area (Å²) in [5, 5.41) is 3.21. The molecule has 1 aromatic heterocycles. The van der Waals surface area contributed by atoms with Crippen molar-refractivity contribution in [3.63, 3.8) is 0 Å². The Morgan fingerprint density at radius 3 is 2.43 bits per heavy atom. The number of amides is 2. The van der Waals surface area contributed by atoms with Gasteiger partial charge in [0.05, 0.1) is 35.6 Å². The van der Waals surface area contributed by atoms with Crippen molar-refractivity contribution in [2.75, 3.05) is 59.2 Å². The van der Waals surface area contributed by atoms with Gasteiger partial charge < -0.3 is 30.3 Å². The molecule has 234 valence electrons. The molecule has 1 aliphatic rings. The summed E-state index contributed by atoms with van der Waals surface area (Å²) in [6.45, 7) is 11.1. The minimum Gasteiger partial charge on any atom is -0.496 e. The van der Waals surface area contributed by atoms with E-state index in [-0.39, 0.29) is 11.9 Å². The van der Waals surface area contributed by atoms with Crippen molar-refractivity contribution in [1.82, 2.24) is 20.1 Å². The molecular formula is C31H48ClN5O5. The molecule has 2 aromatic rings. The third kappa shape index (κ3) is 14.0. The van der Waals surface area contributed by atoms with Crippen molar-refractivity contribution >= 4 is 35.1 Å². The second-order valence-electron chi connectivity index (χ2n) is 9.71. The lowest BCUT2D eigenvalue weighted by atomic mass is 10.1. The number of methoxy groups -OCH3 is 1. The maximum absolute atomic E-state index is 12.1. The minimum absolute atomic E-state index is 0.212. The fourth-order valence-electron chi connectivity index (χ4n) is 3.92. The monoisotopic (exact) mass is 605 g/mol. The Morgan fingerprint density at radius 2 is 1.90 bits per heavy atom. The van der Waals surface area contributed by atoms with Crippen LogP contribution in [0.15, 0.2) is 36.7 Å². The van der Waals surface area contributed by atoms with Crippen LogP contribution in [0.25, 0.3) is 0 Å². The number of likely N-dealkylation sites (N-methyl/N-ethyl adjacent to an activating group) is 1. The number of aromatic nitrogens is 1. The van der Waals surface area contributed by atoms with E-state index in [9.17, 15) is 14.4 Å². The Kier molecular flexibility index (Phi) is 18.6. The summed E-state index contributed by atoms with van der Waals surface area (Å²) in [5.74, 6) is 0.225. The molecule has 0 aliphatic carbocycles. The minimum atomic E-state index is -0.278. The highest BCUT2D eigenvalue weighted by molar-refractivity contribution is 6.33. The van der Waals surface area contributed by atoms with Crippen LogP contribution in [0.1, 0.15) is 80.0 Å². The molecule has 42 heavy (non-hydrogen) atoms. The number of nitrogen functional groups attached to an aromatic ring is 1. The Bertz CT molecular complexity index is 1080. The van der Waals surface area contributed by atoms with E-state index < -0.39 is 0 Å². The number of unbranched alkanes of at least 4 members (excludes halogenated alkanes) is 3. The number of carbonyl (C=O) groups excluding carboxylic acids is 3. The van der Waals surface area contributed by atoms with Crippen molar-refractivity contribution in [3.05, 3.63) is 52.8 Å². The predicted octanol–water partition coefficient (Wildman–Crippen LogP) is 5.06. The van der Waals surface area contributed by atoms with Crippen LogP contribution in [0.4, 0.5) is 5.69 Å². The summed E-state index contributed by atoms with van der Waals surface area (Å²) >= 11 is 5.95. The molecule has 1 fully saturated rings. The van der Waals surface area contributed by atoms with Gasteiger partial charge in [0.2, 0.25) is 5.91 Å². The smallest absolute Gasteiger partial charge is 0.339 e. The normalized spacial score (nSPS) is 12.2. The number of benzene rings is 1. The Labute approximate surface area is 255 Å². The van der Waals surface area contributed by atoms with Gasteiger partial charge in [-0.3, -0.25) is 14.6 Å². The van der Waals surface area contributed by atoms with Gasteiger partial charge in [-0.25, -0.2) is 4.79 Å². The van der Waals surface area contributed by atoms with Crippen molar-refractivity contribution in [3.8, 4) is 5.75 Å². The number of esters is 1. The highest BCUT2D eigenvalue weighted by Gasteiger charge is 2.15. The van der Waals surface area contributed by atoms with Gasteiger partial charge in [0.1, 0.15) is 5.75 Å². The summed E-state index contributed by atoms with van der Waals surface area (Å²) in [5.41, 5.74) is 7.00. The van der Waals surface area contributed by atoms with Gasteiger partial charge in [0.15, 0.2) is 0 Å². The van der Waals surface area contributed by atoms with E-state index >= 15 is 0 Å².